The standard InChI is InChI=1S/C15H20FNO/c1-4-5-6-18-15-8-13(7-14(16)9-15)11-17-10-12(2)3/h1,7-9,12,17H,5-6,10-11H2,2-3H3. The number of ether oxygens (including phenoxy) is 1. The normalized spacial score (nSPS) is 10.4. The molecule has 0 radical (unpaired) electrons. The highest BCUT2D eigenvalue weighted by Gasteiger charge is 2.02. The third kappa shape index (κ3) is 5.70. The van der Waals surface area contributed by atoms with Crippen LogP contribution in [0.1, 0.15) is 25.8 Å². The molecule has 18 heavy (non-hydrogen) atoms. The van der Waals surface area contributed by atoms with Gasteiger partial charge in [0.1, 0.15) is 11.6 Å². The number of hydrogen-bond acceptors (Lipinski definition) is 2. The van der Waals surface area contributed by atoms with Crippen LogP contribution in [-0.2, 0) is 6.54 Å². The van der Waals surface area contributed by atoms with E-state index < -0.39 is 0 Å². The van der Waals surface area contributed by atoms with Crippen LogP contribution in [0.15, 0.2) is 18.2 Å². The smallest absolute Gasteiger partial charge is 0.127 e. The molecular formula is C15H20FNO. The van der Waals surface area contributed by atoms with Crippen LogP contribution >= 0.6 is 0 Å². The third-order valence-corrected chi connectivity index (χ3v) is 2.33. The summed E-state index contributed by atoms with van der Waals surface area (Å²) < 4.78 is 18.8. The molecular weight excluding hydrogens is 229 g/mol. The second-order valence-electron chi connectivity index (χ2n) is 4.62. The van der Waals surface area contributed by atoms with Gasteiger partial charge in [-0.2, -0.15) is 0 Å². The molecule has 0 spiro atoms. The summed E-state index contributed by atoms with van der Waals surface area (Å²) in [6.07, 6.45) is 5.66. The Morgan fingerprint density at radius 1 is 1.39 bits per heavy atom. The van der Waals surface area contributed by atoms with E-state index in [4.69, 9.17) is 11.2 Å². The SMILES string of the molecule is C#CCCOc1cc(F)cc(CNCC(C)C)c1. The molecule has 0 amide bonds. The first-order chi connectivity index (χ1) is 8.61. The van der Waals surface area contributed by atoms with Crippen molar-refractivity contribution in [3.63, 3.8) is 0 Å². The van der Waals surface area contributed by atoms with Crippen molar-refractivity contribution in [2.45, 2.75) is 26.8 Å². The van der Waals surface area contributed by atoms with Crippen molar-refractivity contribution in [1.82, 2.24) is 5.32 Å². The second-order valence-corrected chi connectivity index (χ2v) is 4.62. The number of hydrogen-bond donors (Lipinski definition) is 1. The van der Waals surface area contributed by atoms with Crippen LogP contribution in [0.25, 0.3) is 0 Å². The zero-order valence-corrected chi connectivity index (χ0v) is 11.0. The molecule has 0 unspecified atom stereocenters. The third-order valence-electron chi connectivity index (χ3n) is 2.33. The van der Waals surface area contributed by atoms with E-state index >= 15 is 0 Å². The van der Waals surface area contributed by atoms with E-state index in [1.165, 1.54) is 12.1 Å². The molecule has 1 N–H and O–H groups in total. The molecule has 2 nitrogen and oxygen atoms in total. The monoisotopic (exact) mass is 249 g/mol. The van der Waals surface area contributed by atoms with Crippen molar-refractivity contribution in [3.8, 4) is 18.1 Å². The van der Waals surface area contributed by atoms with E-state index in [-0.39, 0.29) is 5.82 Å². The summed E-state index contributed by atoms with van der Waals surface area (Å²) in [5.74, 6) is 3.31. The predicted molar refractivity (Wildman–Crippen MR) is 71.9 cm³/mol. The molecule has 1 aromatic rings. The minimum atomic E-state index is -0.283. The van der Waals surface area contributed by atoms with Crippen molar-refractivity contribution in [2.24, 2.45) is 5.92 Å². The molecule has 98 valence electrons. The van der Waals surface area contributed by atoms with Gasteiger partial charge in [0.25, 0.3) is 0 Å². The van der Waals surface area contributed by atoms with Crippen LogP contribution in [0.2, 0.25) is 0 Å². The van der Waals surface area contributed by atoms with Gasteiger partial charge in [0, 0.05) is 19.0 Å². The lowest BCUT2D eigenvalue weighted by Gasteiger charge is -2.10. The molecule has 0 aliphatic carbocycles. The van der Waals surface area contributed by atoms with Crippen molar-refractivity contribution >= 4 is 0 Å². The van der Waals surface area contributed by atoms with E-state index in [0.29, 0.717) is 31.2 Å². The summed E-state index contributed by atoms with van der Waals surface area (Å²) in [7, 11) is 0. The Balaban J connectivity index is 2.54. The fourth-order valence-electron chi connectivity index (χ4n) is 1.54. The van der Waals surface area contributed by atoms with Gasteiger partial charge in [-0.05, 0) is 30.2 Å². The Hall–Kier alpha value is -1.53. The van der Waals surface area contributed by atoms with Gasteiger partial charge in [-0.1, -0.05) is 13.8 Å². The average Bonchev–Trinajstić information content (AvgIpc) is 2.28. The van der Waals surface area contributed by atoms with Gasteiger partial charge in [0.15, 0.2) is 0 Å². The molecule has 1 aromatic carbocycles. The van der Waals surface area contributed by atoms with Gasteiger partial charge in [-0.25, -0.2) is 4.39 Å². The Morgan fingerprint density at radius 3 is 2.83 bits per heavy atom. The lowest BCUT2D eigenvalue weighted by molar-refractivity contribution is 0.325. The summed E-state index contributed by atoms with van der Waals surface area (Å²) in [5, 5.41) is 3.27. The Morgan fingerprint density at radius 2 is 2.17 bits per heavy atom. The number of benzene rings is 1. The lowest BCUT2D eigenvalue weighted by Crippen LogP contribution is -2.19. The summed E-state index contributed by atoms with van der Waals surface area (Å²) in [5.41, 5.74) is 0.881. The van der Waals surface area contributed by atoms with Crippen LogP contribution in [0.4, 0.5) is 4.39 Å². The molecule has 3 heteroatoms. The van der Waals surface area contributed by atoms with Crippen molar-refractivity contribution in [2.75, 3.05) is 13.2 Å². The maximum Gasteiger partial charge on any atom is 0.127 e. The molecule has 1 rings (SSSR count). The summed E-state index contributed by atoms with van der Waals surface area (Å²) >= 11 is 0. The summed E-state index contributed by atoms with van der Waals surface area (Å²) in [4.78, 5) is 0. The predicted octanol–water partition coefficient (Wildman–Crippen LogP) is 2.97. The van der Waals surface area contributed by atoms with Crippen molar-refractivity contribution in [3.05, 3.63) is 29.6 Å². The molecule has 0 fully saturated rings. The second kappa shape index (κ2) is 7.73. The largest absolute Gasteiger partial charge is 0.492 e. The maximum atomic E-state index is 13.4. The fourth-order valence-corrected chi connectivity index (χ4v) is 1.54. The number of halogens is 1. The fraction of sp³-hybridized carbons (Fsp3) is 0.467. The number of terminal acetylenes is 1. The van der Waals surface area contributed by atoms with Gasteiger partial charge in [-0.3, -0.25) is 0 Å². The van der Waals surface area contributed by atoms with E-state index in [0.717, 1.165) is 12.1 Å². The molecule has 0 atom stereocenters. The molecule has 0 aliphatic rings. The topological polar surface area (TPSA) is 21.3 Å². The first-order valence-electron chi connectivity index (χ1n) is 6.18. The van der Waals surface area contributed by atoms with E-state index in [9.17, 15) is 4.39 Å². The first kappa shape index (κ1) is 14.5. The summed E-state index contributed by atoms with van der Waals surface area (Å²) in [6.45, 7) is 6.23. The summed E-state index contributed by atoms with van der Waals surface area (Å²) in [6, 6.07) is 4.73. The molecule has 0 aromatic heterocycles. The zero-order valence-electron chi connectivity index (χ0n) is 11.0. The van der Waals surface area contributed by atoms with E-state index in [1.807, 2.05) is 6.07 Å². The molecule has 0 bridgehead atoms. The highest BCUT2D eigenvalue weighted by Crippen LogP contribution is 2.16. The minimum absolute atomic E-state index is 0.283. The quantitative estimate of drug-likeness (QED) is 0.592. The molecule has 0 aliphatic heterocycles. The van der Waals surface area contributed by atoms with Gasteiger partial charge in [0.2, 0.25) is 0 Å². The first-order valence-corrected chi connectivity index (χ1v) is 6.18. The van der Waals surface area contributed by atoms with Crippen LogP contribution in [-0.4, -0.2) is 13.2 Å². The molecule has 0 heterocycles. The van der Waals surface area contributed by atoms with E-state index in [2.05, 4.69) is 25.1 Å². The van der Waals surface area contributed by atoms with Gasteiger partial charge in [0.05, 0.1) is 6.61 Å². The highest BCUT2D eigenvalue weighted by molar-refractivity contribution is 5.29. The minimum Gasteiger partial charge on any atom is -0.492 e. The molecule has 0 saturated carbocycles. The van der Waals surface area contributed by atoms with Gasteiger partial charge < -0.3 is 10.1 Å². The Bertz CT molecular complexity index is 409. The highest BCUT2D eigenvalue weighted by atomic mass is 19.1. The van der Waals surface area contributed by atoms with Crippen LogP contribution in [0, 0.1) is 24.1 Å². The maximum absolute atomic E-state index is 13.4. The van der Waals surface area contributed by atoms with Crippen molar-refractivity contribution in [1.29, 1.82) is 0 Å². The van der Waals surface area contributed by atoms with E-state index in [1.54, 1.807) is 0 Å². The average molecular weight is 249 g/mol. The Kier molecular flexibility index (Phi) is 6.24. The molecule has 0 saturated heterocycles. The number of rotatable bonds is 7. The lowest BCUT2D eigenvalue weighted by atomic mass is 10.2. The van der Waals surface area contributed by atoms with Gasteiger partial charge >= 0.3 is 0 Å². The van der Waals surface area contributed by atoms with Gasteiger partial charge in [-0.15, -0.1) is 12.3 Å². The zero-order chi connectivity index (χ0) is 13.4. The van der Waals surface area contributed by atoms with Crippen LogP contribution in [0.5, 0.6) is 5.75 Å². The van der Waals surface area contributed by atoms with Crippen LogP contribution < -0.4 is 10.1 Å². The Labute approximate surface area is 109 Å². The van der Waals surface area contributed by atoms with Crippen LogP contribution in [0.3, 0.4) is 0 Å². The van der Waals surface area contributed by atoms with Crippen molar-refractivity contribution < 1.29 is 9.13 Å². The number of nitrogens with one attached hydrogen (secondary N) is 1.